The van der Waals surface area contributed by atoms with Gasteiger partial charge in [-0.15, -0.1) is 0 Å². The second kappa shape index (κ2) is 8.10. The Kier molecular flexibility index (Phi) is 6.14. The first kappa shape index (κ1) is 15.9. The van der Waals surface area contributed by atoms with Crippen LogP contribution >= 0.6 is 0 Å². The summed E-state index contributed by atoms with van der Waals surface area (Å²) >= 11 is 0. The molecule has 0 aromatic rings. The van der Waals surface area contributed by atoms with Gasteiger partial charge in [-0.25, -0.2) is 0 Å². The number of carboxylic acid groups (broad SMARTS) is 1. The molecule has 5 nitrogen and oxygen atoms in total. The Labute approximate surface area is 125 Å². The van der Waals surface area contributed by atoms with Crippen LogP contribution in [0.15, 0.2) is 24.3 Å². The number of aliphatic carboxylic acids is 1. The number of hydrogen-bond acceptors (Lipinski definition) is 4. The lowest BCUT2D eigenvalue weighted by molar-refractivity contribution is -0.137. The molecule has 0 amide bonds. The molecule has 0 bridgehead atoms. The van der Waals surface area contributed by atoms with Gasteiger partial charge in [0, 0.05) is 25.4 Å². The van der Waals surface area contributed by atoms with E-state index < -0.39 is 5.97 Å². The number of rotatable bonds is 7. The summed E-state index contributed by atoms with van der Waals surface area (Å²) < 4.78 is 5.34. The normalized spacial score (nSPS) is 26.8. The third kappa shape index (κ3) is 4.79. The lowest BCUT2D eigenvalue weighted by atomic mass is 9.96. The molecular weight excluding hydrogens is 270 g/mol. The number of nitrogens with zero attached hydrogens (tertiary/aromatic N) is 1. The van der Waals surface area contributed by atoms with Crippen LogP contribution in [0, 0.1) is 5.92 Å². The Hall–Kier alpha value is -1.46. The van der Waals surface area contributed by atoms with Crippen molar-refractivity contribution in [3.63, 3.8) is 0 Å². The second-order valence-corrected chi connectivity index (χ2v) is 5.51. The smallest absolute Gasteiger partial charge is 0.303 e. The molecule has 1 aliphatic carbocycles. The third-order valence-corrected chi connectivity index (χ3v) is 3.98. The van der Waals surface area contributed by atoms with E-state index in [4.69, 9.17) is 9.84 Å². The molecule has 21 heavy (non-hydrogen) atoms. The van der Waals surface area contributed by atoms with Crippen LogP contribution in [0.1, 0.15) is 25.7 Å². The van der Waals surface area contributed by atoms with Gasteiger partial charge in [0.25, 0.3) is 0 Å². The van der Waals surface area contributed by atoms with Crippen molar-refractivity contribution in [3.8, 4) is 0 Å². The molecule has 1 N–H and O–H groups in total. The molecule has 1 fully saturated rings. The van der Waals surface area contributed by atoms with E-state index in [0.717, 1.165) is 25.9 Å². The zero-order valence-electron chi connectivity index (χ0n) is 12.2. The minimum atomic E-state index is -0.750. The van der Waals surface area contributed by atoms with Crippen LogP contribution in [0.25, 0.3) is 0 Å². The van der Waals surface area contributed by atoms with E-state index in [9.17, 15) is 9.59 Å². The SMILES string of the molecule is O=C(O)CCC/C=C\C[C@H]1C=CC(=O)[C@@H]1N1CCOCC1. The second-order valence-electron chi connectivity index (χ2n) is 5.51. The minimum absolute atomic E-state index is 0.0439. The van der Waals surface area contributed by atoms with Crippen LogP contribution in [-0.2, 0) is 14.3 Å². The van der Waals surface area contributed by atoms with Crippen molar-refractivity contribution in [2.75, 3.05) is 26.3 Å². The molecule has 0 radical (unpaired) electrons. The number of morpholine rings is 1. The van der Waals surface area contributed by atoms with Crippen molar-refractivity contribution in [1.29, 1.82) is 0 Å². The van der Waals surface area contributed by atoms with Crippen molar-refractivity contribution >= 4 is 11.8 Å². The molecule has 0 unspecified atom stereocenters. The van der Waals surface area contributed by atoms with Crippen LogP contribution in [0.2, 0.25) is 0 Å². The van der Waals surface area contributed by atoms with Gasteiger partial charge >= 0.3 is 5.97 Å². The highest BCUT2D eigenvalue weighted by Gasteiger charge is 2.34. The van der Waals surface area contributed by atoms with Crippen LogP contribution in [-0.4, -0.2) is 54.1 Å². The average Bonchev–Trinajstić information content (AvgIpc) is 2.84. The van der Waals surface area contributed by atoms with E-state index in [-0.39, 0.29) is 24.2 Å². The maximum absolute atomic E-state index is 12.0. The lowest BCUT2D eigenvalue weighted by Crippen LogP contribution is -2.48. The van der Waals surface area contributed by atoms with E-state index in [1.54, 1.807) is 6.08 Å². The third-order valence-electron chi connectivity index (χ3n) is 3.98. The first-order valence-electron chi connectivity index (χ1n) is 7.59. The molecule has 2 atom stereocenters. The van der Waals surface area contributed by atoms with E-state index in [0.29, 0.717) is 19.6 Å². The predicted molar refractivity (Wildman–Crippen MR) is 79.1 cm³/mol. The fourth-order valence-corrected chi connectivity index (χ4v) is 2.89. The number of ether oxygens (including phenoxy) is 1. The molecule has 116 valence electrons. The van der Waals surface area contributed by atoms with Gasteiger partial charge in [-0.05, 0) is 25.3 Å². The van der Waals surface area contributed by atoms with Gasteiger partial charge in [-0.3, -0.25) is 14.5 Å². The van der Waals surface area contributed by atoms with Crippen molar-refractivity contribution in [1.82, 2.24) is 4.90 Å². The van der Waals surface area contributed by atoms with E-state index in [1.165, 1.54) is 0 Å². The topological polar surface area (TPSA) is 66.8 Å². The first-order valence-corrected chi connectivity index (χ1v) is 7.59. The monoisotopic (exact) mass is 293 g/mol. The summed E-state index contributed by atoms with van der Waals surface area (Å²) in [7, 11) is 0. The number of carbonyl (C=O) groups excluding carboxylic acids is 1. The van der Waals surface area contributed by atoms with Gasteiger partial charge in [0.05, 0.1) is 19.3 Å². The molecule has 1 aliphatic heterocycles. The van der Waals surface area contributed by atoms with Gasteiger partial charge in [0.1, 0.15) is 0 Å². The highest BCUT2D eigenvalue weighted by molar-refractivity contribution is 5.97. The van der Waals surface area contributed by atoms with Crippen molar-refractivity contribution in [2.24, 2.45) is 5.92 Å². The summed E-state index contributed by atoms with van der Waals surface area (Å²) in [5, 5.41) is 8.56. The number of carboxylic acids is 1. The van der Waals surface area contributed by atoms with Crippen LogP contribution in [0.4, 0.5) is 0 Å². The lowest BCUT2D eigenvalue weighted by Gasteiger charge is -2.34. The maximum Gasteiger partial charge on any atom is 0.303 e. The Bertz CT molecular complexity index is 424. The quantitative estimate of drug-likeness (QED) is 0.571. The molecule has 2 aliphatic rings. The number of allylic oxidation sites excluding steroid dienone is 2. The van der Waals surface area contributed by atoms with Crippen LogP contribution < -0.4 is 0 Å². The summed E-state index contributed by atoms with van der Waals surface area (Å²) in [6.07, 6.45) is 10.3. The number of unbranched alkanes of at least 4 members (excludes halogenated alkanes) is 1. The molecule has 0 aromatic carbocycles. The van der Waals surface area contributed by atoms with Crippen molar-refractivity contribution in [3.05, 3.63) is 24.3 Å². The molecule has 0 spiro atoms. The molecule has 0 aromatic heterocycles. The highest BCUT2D eigenvalue weighted by atomic mass is 16.5. The van der Waals surface area contributed by atoms with Crippen molar-refractivity contribution < 1.29 is 19.4 Å². The summed E-state index contributed by atoms with van der Waals surface area (Å²) in [4.78, 5) is 24.7. The fraction of sp³-hybridized carbons (Fsp3) is 0.625. The summed E-state index contributed by atoms with van der Waals surface area (Å²) in [5.74, 6) is -0.326. The minimum Gasteiger partial charge on any atom is -0.481 e. The zero-order valence-corrected chi connectivity index (χ0v) is 12.2. The molecule has 1 heterocycles. The summed E-state index contributed by atoms with van der Waals surface area (Å²) in [6, 6.07) is -0.0439. The average molecular weight is 293 g/mol. The first-order chi connectivity index (χ1) is 10.2. The van der Waals surface area contributed by atoms with Gasteiger partial charge in [0.15, 0.2) is 5.78 Å². The Morgan fingerprint density at radius 3 is 2.86 bits per heavy atom. The van der Waals surface area contributed by atoms with Crippen LogP contribution in [0.3, 0.4) is 0 Å². The van der Waals surface area contributed by atoms with Gasteiger partial charge in [-0.2, -0.15) is 0 Å². The number of carbonyl (C=O) groups is 2. The fourth-order valence-electron chi connectivity index (χ4n) is 2.89. The molecule has 1 saturated heterocycles. The molecule has 2 rings (SSSR count). The largest absolute Gasteiger partial charge is 0.481 e. The van der Waals surface area contributed by atoms with Gasteiger partial charge < -0.3 is 9.84 Å². The van der Waals surface area contributed by atoms with Crippen LogP contribution in [0.5, 0.6) is 0 Å². The molecular formula is C16H23NO4. The maximum atomic E-state index is 12.0. The predicted octanol–water partition coefficient (Wildman–Crippen LogP) is 1.64. The van der Waals surface area contributed by atoms with E-state index in [2.05, 4.69) is 11.0 Å². The number of ketones is 1. The number of hydrogen-bond donors (Lipinski definition) is 1. The van der Waals surface area contributed by atoms with E-state index >= 15 is 0 Å². The summed E-state index contributed by atoms with van der Waals surface area (Å²) in [6.45, 7) is 3.02. The Morgan fingerprint density at radius 1 is 1.38 bits per heavy atom. The molecule has 5 heteroatoms. The zero-order chi connectivity index (χ0) is 15.1. The standard InChI is InChI=1S/C16H23NO4/c18-14-8-7-13(5-3-1-2-4-6-15(19)20)16(14)17-9-11-21-12-10-17/h1,3,7-8,13,16H,2,4-6,9-12H2,(H,19,20)/b3-1-/t13-,16+/m0/s1. The molecule has 0 saturated carbocycles. The van der Waals surface area contributed by atoms with Crippen molar-refractivity contribution in [2.45, 2.75) is 31.7 Å². The summed E-state index contributed by atoms with van der Waals surface area (Å²) in [5.41, 5.74) is 0. The van der Waals surface area contributed by atoms with E-state index in [1.807, 2.05) is 12.2 Å². The Balaban J connectivity index is 1.78. The van der Waals surface area contributed by atoms with Gasteiger partial charge in [0.2, 0.25) is 0 Å². The highest BCUT2D eigenvalue weighted by Crippen LogP contribution is 2.25. The Morgan fingerprint density at radius 2 is 2.14 bits per heavy atom. The van der Waals surface area contributed by atoms with Gasteiger partial charge in [-0.1, -0.05) is 18.2 Å².